The smallest absolute Gasteiger partial charge is 0.172 e. The maximum absolute atomic E-state index is 10.6. The predicted octanol–water partition coefficient (Wildman–Crippen LogP) is 16.9. The molecule has 14 heteroatoms. The lowest BCUT2D eigenvalue weighted by molar-refractivity contribution is 0.341. The topological polar surface area (TPSA) is 145 Å². The van der Waals surface area contributed by atoms with E-state index in [-0.39, 0.29) is 22.6 Å². The minimum absolute atomic E-state index is 0.0678. The molecule has 12 rings (SSSR count). The van der Waals surface area contributed by atoms with Gasteiger partial charge in [0.05, 0.1) is 47.8 Å². The van der Waals surface area contributed by atoms with Gasteiger partial charge < -0.3 is 49.5 Å². The molecule has 6 aromatic carbocycles. The molecular formula is C66H60N4O8S2. The first-order chi connectivity index (χ1) is 38.5. The minimum atomic E-state index is -0.189. The Labute approximate surface area is 473 Å². The quantitative estimate of drug-likeness (QED) is 0.0772. The molecule has 0 atom stereocenters. The molecule has 0 saturated heterocycles. The van der Waals surface area contributed by atoms with E-state index in [0.717, 1.165) is 99.3 Å². The fourth-order valence-corrected chi connectivity index (χ4v) is 12.6. The van der Waals surface area contributed by atoms with E-state index >= 15 is 0 Å². The Kier molecular flexibility index (Phi) is 14.2. The number of methoxy groups -OCH3 is 2. The monoisotopic (exact) mass is 1100 g/mol. The van der Waals surface area contributed by atoms with Gasteiger partial charge in [-0.25, -0.2) is 0 Å². The Balaban J connectivity index is 0.000000169. The van der Waals surface area contributed by atoms with Crippen LogP contribution in [-0.4, -0.2) is 46.9 Å². The van der Waals surface area contributed by atoms with Crippen LogP contribution < -0.4 is 39.3 Å². The number of para-hydroxylation sites is 2. The van der Waals surface area contributed by atoms with Gasteiger partial charge in [0.2, 0.25) is 0 Å². The Bertz CT molecular complexity index is 3680. The summed E-state index contributed by atoms with van der Waals surface area (Å²) >= 11 is 3.22. The molecule has 6 heterocycles. The number of anilines is 2. The molecule has 4 aliphatic rings. The summed E-state index contributed by atoms with van der Waals surface area (Å²) in [5, 5.41) is 41.4. The molecule has 0 aliphatic carbocycles. The second-order valence-electron chi connectivity index (χ2n) is 20.9. The van der Waals surface area contributed by atoms with Crippen molar-refractivity contribution in [3.63, 3.8) is 0 Å². The van der Waals surface area contributed by atoms with Gasteiger partial charge in [0.15, 0.2) is 34.5 Å². The average Bonchev–Trinajstić information content (AvgIpc) is 4.14. The van der Waals surface area contributed by atoms with E-state index < -0.39 is 0 Å². The molecule has 0 unspecified atom stereocenters. The SMILES string of the molecule is COc1c(O)ccc2c1-c1ccc3c(c1/C(=C/c1sccc1/C(C)=N/Oc1ccccc1)O2)C(C)=CC(C)(C)N3.COc1c(O)ccc2c1-c1ccc3c(c1/C(=C/c1sccc1/C(C)=N\Oc1ccccc1)O2)C(C)=CC(C)(C)N3. The van der Waals surface area contributed by atoms with Crippen molar-refractivity contribution in [2.75, 3.05) is 24.9 Å². The summed E-state index contributed by atoms with van der Waals surface area (Å²) in [6, 6.07) is 38.2. The third kappa shape index (κ3) is 10.2. The van der Waals surface area contributed by atoms with Gasteiger partial charge >= 0.3 is 0 Å². The van der Waals surface area contributed by atoms with E-state index in [0.29, 0.717) is 46.0 Å². The number of phenols is 2. The Hall–Kier alpha value is -8.98. The van der Waals surface area contributed by atoms with E-state index in [1.807, 2.05) is 97.4 Å². The van der Waals surface area contributed by atoms with Crippen LogP contribution in [0.25, 0.3) is 57.1 Å². The summed E-state index contributed by atoms with van der Waals surface area (Å²) in [5.74, 6) is 4.94. The van der Waals surface area contributed by atoms with E-state index in [4.69, 9.17) is 28.6 Å². The van der Waals surface area contributed by atoms with Gasteiger partial charge in [-0.15, -0.1) is 22.7 Å². The van der Waals surface area contributed by atoms with Gasteiger partial charge in [0, 0.05) is 65.6 Å². The number of hydrogen-bond donors (Lipinski definition) is 4. The maximum atomic E-state index is 10.6. The van der Waals surface area contributed by atoms with Crippen LogP contribution in [0.15, 0.2) is 155 Å². The molecular weight excluding hydrogens is 1040 g/mol. The van der Waals surface area contributed by atoms with Crippen molar-refractivity contribution in [1.29, 1.82) is 0 Å². The lowest BCUT2D eigenvalue weighted by atomic mass is 9.83. The van der Waals surface area contributed by atoms with Crippen LogP contribution in [-0.2, 0) is 0 Å². The van der Waals surface area contributed by atoms with Crippen molar-refractivity contribution in [3.8, 4) is 68.2 Å². The number of rotatable bonds is 10. The van der Waals surface area contributed by atoms with Gasteiger partial charge in [-0.2, -0.15) is 0 Å². The first-order valence-electron chi connectivity index (χ1n) is 26.1. The number of thiophene rings is 2. The van der Waals surface area contributed by atoms with Crippen molar-refractivity contribution in [3.05, 3.63) is 187 Å². The number of fused-ring (bicyclic) bond motifs is 10. The molecule has 0 fully saturated rings. The summed E-state index contributed by atoms with van der Waals surface area (Å²) in [6.07, 6.45) is 8.60. The Morgan fingerprint density at radius 3 is 1.30 bits per heavy atom. The van der Waals surface area contributed by atoms with Crippen LogP contribution in [0.2, 0.25) is 0 Å². The van der Waals surface area contributed by atoms with Crippen molar-refractivity contribution in [2.24, 2.45) is 10.3 Å². The van der Waals surface area contributed by atoms with Crippen LogP contribution in [0.5, 0.6) is 46.0 Å². The zero-order valence-electron chi connectivity index (χ0n) is 46.1. The number of hydrogen-bond acceptors (Lipinski definition) is 14. The molecule has 0 bridgehead atoms. The summed E-state index contributed by atoms with van der Waals surface area (Å²) in [4.78, 5) is 13.3. The molecule has 80 heavy (non-hydrogen) atoms. The summed E-state index contributed by atoms with van der Waals surface area (Å²) in [7, 11) is 3.12. The van der Waals surface area contributed by atoms with Gasteiger partial charge in [-0.05, 0) is 162 Å². The molecule has 404 valence electrons. The van der Waals surface area contributed by atoms with Crippen LogP contribution >= 0.6 is 22.7 Å². The number of nitrogens with zero attached hydrogens (tertiary/aromatic N) is 2. The van der Waals surface area contributed by atoms with Gasteiger partial charge in [0.1, 0.15) is 23.0 Å². The molecule has 12 nitrogen and oxygen atoms in total. The van der Waals surface area contributed by atoms with Crippen molar-refractivity contribution < 1.29 is 38.8 Å². The number of ether oxygens (including phenoxy) is 4. The standard InChI is InChI=1S/2C33H30N2O4S/c2*1-19-18-33(3,4)34-24-12-11-23-30(29(19)24)27(38-26-14-13-25(36)32(37-5)31(23)26)17-28-22(15-16-40-28)20(2)35-39-21-9-7-6-8-10-21/h2*6-18,34,36H,1-5H3/b27-17-,35-20+;27-17-,35-20-. The zero-order valence-corrected chi connectivity index (χ0v) is 47.7. The fourth-order valence-electron chi connectivity index (χ4n) is 10.9. The largest absolute Gasteiger partial charge is 0.504 e. The molecule has 2 aromatic heterocycles. The molecule has 0 amide bonds. The molecule has 0 radical (unpaired) electrons. The Morgan fingerprint density at radius 1 is 0.512 bits per heavy atom. The average molecular weight is 1100 g/mol. The summed E-state index contributed by atoms with van der Waals surface area (Å²) in [6.45, 7) is 16.7. The first-order valence-corrected chi connectivity index (χ1v) is 27.9. The molecule has 4 aliphatic heterocycles. The van der Waals surface area contributed by atoms with E-state index in [1.165, 1.54) is 0 Å². The highest BCUT2D eigenvalue weighted by Gasteiger charge is 2.36. The number of nitrogens with one attached hydrogen (secondary N) is 2. The molecule has 4 N–H and O–H groups in total. The molecule has 8 aromatic rings. The number of benzene rings is 6. The highest BCUT2D eigenvalue weighted by molar-refractivity contribution is 7.11. The van der Waals surface area contributed by atoms with E-state index in [2.05, 4.69) is 111 Å². The molecule has 0 saturated carbocycles. The third-order valence-corrected chi connectivity index (χ3v) is 15.8. The third-order valence-electron chi connectivity index (χ3n) is 14.1. The van der Waals surface area contributed by atoms with Gasteiger partial charge in [-0.3, -0.25) is 0 Å². The summed E-state index contributed by atoms with van der Waals surface area (Å²) in [5.41, 5.74) is 14.8. The normalized spacial score (nSPS) is 16.2. The highest BCUT2D eigenvalue weighted by atomic mass is 32.1. The van der Waals surface area contributed by atoms with Crippen molar-refractivity contribution in [1.82, 2.24) is 0 Å². The number of aromatic hydroxyl groups is 2. The highest BCUT2D eigenvalue weighted by Crippen LogP contribution is 2.56. The van der Waals surface area contributed by atoms with Gasteiger partial charge in [0.25, 0.3) is 0 Å². The zero-order chi connectivity index (χ0) is 56.0. The lowest BCUT2D eigenvalue weighted by Crippen LogP contribution is -2.32. The second-order valence-corrected chi connectivity index (χ2v) is 22.8. The maximum Gasteiger partial charge on any atom is 0.172 e. The van der Waals surface area contributed by atoms with E-state index in [9.17, 15) is 10.2 Å². The predicted molar refractivity (Wildman–Crippen MR) is 327 cm³/mol. The van der Waals surface area contributed by atoms with Gasteiger partial charge in [-0.1, -0.05) is 71.0 Å². The van der Waals surface area contributed by atoms with Crippen LogP contribution in [0, 0.1) is 0 Å². The second kappa shape index (κ2) is 21.3. The first kappa shape index (κ1) is 53.0. The van der Waals surface area contributed by atoms with Crippen molar-refractivity contribution >= 4 is 80.3 Å². The fraction of sp³-hybridized carbons (Fsp3) is 0.182. The number of oxime groups is 2. The van der Waals surface area contributed by atoms with Crippen LogP contribution in [0.3, 0.4) is 0 Å². The lowest BCUT2D eigenvalue weighted by Gasteiger charge is -2.35. The number of allylic oxidation sites excluding steroid dienone is 2. The van der Waals surface area contributed by atoms with Crippen molar-refractivity contribution in [2.45, 2.75) is 66.5 Å². The Morgan fingerprint density at radius 2 is 0.912 bits per heavy atom. The summed E-state index contributed by atoms with van der Waals surface area (Å²) < 4.78 is 24.5. The number of phenolic OH excluding ortho intramolecular Hbond substituents is 2. The van der Waals surface area contributed by atoms with Crippen LogP contribution in [0.4, 0.5) is 11.4 Å². The van der Waals surface area contributed by atoms with E-state index in [1.54, 1.807) is 61.2 Å². The molecule has 0 spiro atoms. The minimum Gasteiger partial charge on any atom is -0.504 e. The van der Waals surface area contributed by atoms with Crippen LogP contribution in [0.1, 0.15) is 98.5 Å².